The highest BCUT2D eigenvalue weighted by Crippen LogP contribution is 2.17. The highest BCUT2D eigenvalue weighted by molar-refractivity contribution is 5.76. The van der Waals surface area contributed by atoms with Crippen molar-refractivity contribution < 1.29 is 4.79 Å². The first-order chi connectivity index (χ1) is 8.86. The lowest BCUT2D eigenvalue weighted by molar-refractivity contribution is -0.121. The second-order valence-corrected chi connectivity index (χ2v) is 4.89. The molecule has 2 N–H and O–H groups in total. The average Bonchev–Trinajstić information content (AvgIpc) is 2.45. The lowest BCUT2D eigenvalue weighted by atomic mass is 10.0. The first-order valence-electron chi connectivity index (χ1n) is 6.91. The van der Waals surface area contributed by atoms with Crippen LogP contribution in [0.25, 0.3) is 0 Å². The fraction of sp³-hybridized carbons (Fsp3) is 0.533. The van der Waals surface area contributed by atoms with Crippen LogP contribution in [0.5, 0.6) is 0 Å². The predicted octanol–water partition coefficient (Wildman–Crippen LogP) is 2.40. The van der Waals surface area contributed by atoms with Crippen LogP contribution in [0.1, 0.15) is 43.7 Å². The van der Waals surface area contributed by atoms with Gasteiger partial charge in [0.2, 0.25) is 5.91 Å². The van der Waals surface area contributed by atoms with Gasteiger partial charge in [0, 0.05) is 19.0 Å². The van der Waals surface area contributed by atoms with Gasteiger partial charge in [-0.25, -0.2) is 0 Å². The molecule has 0 aromatic heterocycles. The molecule has 98 valence electrons. The van der Waals surface area contributed by atoms with Crippen molar-refractivity contribution in [3.63, 3.8) is 0 Å². The van der Waals surface area contributed by atoms with Crippen LogP contribution in [0, 0.1) is 0 Å². The first kappa shape index (κ1) is 13.1. The largest absolute Gasteiger partial charge is 0.356 e. The molecule has 0 aliphatic carbocycles. The molecule has 1 fully saturated rings. The monoisotopic (exact) mass is 246 g/mol. The third-order valence-corrected chi connectivity index (χ3v) is 3.41. The van der Waals surface area contributed by atoms with Crippen molar-refractivity contribution in [1.82, 2.24) is 10.6 Å². The highest BCUT2D eigenvalue weighted by Gasteiger charge is 2.15. The second-order valence-electron chi connectivity index (χ2n) is 4.89. The van der Waals surface area contributed by atoms with Crippen LogP contribution in [0.15, 0.2) is 30.3 Å². The molecule has 1 heterocycles. The Morgan fingerprint density at radius 3 is 2.44 bits per heavy atom. The van der Waals surface area contributed by atoms with Crippen LogP contribution in [0.3, 0.4) is 0 Å². The van der Waals surface area contributed by atoms with Crippen LogP contribution >= 0.6 is 0 Å². The van der Waals surface area contributed by atoms with Gasteiger partial charge in [-0.1, -0.05) is 43.2 Å². The molecule has 1 unspecified atom stereocenters. The third kappa shape index (κ3) is 4.15. The number of carbonyl (C=O) groups excluding carboxylic acids is 1. The van der Waals surface area contributed by atoms with Crippen molar-refractivity contribution in [1.29, 1.82) is 0 Å². The number of hydrogen-bond donors (Lipinski definition) is 2. The quantitative estimate of drug-likeness (QED) is 0.799. The molecule has 0 saturated carbocycles. The molecule has 0 bridgehead atoms. The van der Waals surface area contributed by atoms with Gasteiger partial charge in [0.15, 0.2) is 0 Å². The van der Waals surface area contributed by atoms with Gasteiger partial charge < -0.3 is 10.6 Å². The summed E-state index contributed by atoms with van der Waals surface area (Å²) < 4.78 is 0. The Morgan fingerprint density at radius 2 is 1.67 bits per heavy atom. The van der Waals surface area contributed by atoms with E-state index in [0.717, 1.165) is 19.5 Å². The molecule has 1 atom stereocenters. The van der Waals surface area contributed by atoms with Crippen molar-refractivity contribution in [2.24, 2.45) is 0 Å². The molecule has 3 nitrogen and oxygen atoms in total. The maximum Gasteiger partial charge on any atom is 0.221 e. The summed E-state index contributed by atoms with van der Waals surface area (Å²) in [6.07, 6.45) is 5.27. The van der Waals surface area contributed by atoms with E-state index in [4.69, 9.17) is 0 Å². The molecule has 1 amide bonds. The molecule has 3 heteroatoms. The van der Waals surface area contributed by atoms with Gasteiger partial charge in [-0.15, -0.1) is 0 Å². The van der Waals surface area contributed by atoms with Crippen molar-refractivity contribution in [3.8, 4) is 0 Å². The Hall–Kier alpha value is -1.35. The normalized spacial score (nSPS) is 22.9. The maximum atomic E-state index is 11.8. The van der Waals surface area contributed by atoms with E-state index >= 15 is 0 Å². The second kappa shape index (κ2) is 7.17. The summed E-state index contributed by atoms with van der Waals surface area (Å²) in [5.74, 6) is 0.151. The minimum atomic E-state index is 0.143. The van der Waals surface area contributed by atoms with E-state index in [1.807, 2.05) is 18.2 Å². The fourth-order valence-electron chi connectivity index (χ4n) is 2.36. The molecule has 2 rings (SSSR count). The summed E-state index contributed by atoms with van der Waals surface area (Å²) in [6.45, 7) is 1.81. The fourth-order valence-corrected chi connectivity index (χ4v) is 2.36. The van der Waals surface area contributed by atoms with Crippen molar-refractivity contribution in [3.05, 3.63) is 35.9 Å². The Bertz CT molecular complexity index is 364. The zero-order valence-electron chi connectivity index (χ0n) is 10.8. The number of hydrogen-bond acceptors (Lipinski definition) is 2. The molecular formula is C15H22N2O. The predicted molar refractivity (Wildman–Crippen MR) is 73.3 cm³/mol. The topological polar surface area (TPSA) is 41.1 Å². The van der Waals surface area contributed by atoms with Crippen molar-refractivity contribution in [2.45, 2.75) is 38.1 Å². The zero-order chi connectivity index (χ0) is 12.6. The van der Waals surface area contributed by atoms with E-state index in [1.165, 1.54) is 24.8 Å². The first-order valence-corrected chi connectivity index (χ1v) is 6.91. The maximum absolute atomic E-state index is 11.8. The summed E-state index contributed by atoms with van der Waals surface area (Å²) in [6, 6.07) is 10.4. The zero-order valence-corrected chi connectivity index (χ0v) is 10.8. The lowest BCUT2D eigenvalue weighted by Crippen LogP contribution is -2.30. The Morgan fingerprint density at radius 1 is 0.944 bits per heavy atom. The van der Waals surface area contributed by atoms with Gasteiger partial charge in [-0.05, 0) is 24.9 Å². The highest BCUT2D eigenvalue weighted by atomic mass is 16.1. The Labute approximate surface area is 109 Å². The van der Waals surface area contributed by atoms with Crippen LogP contribution in [-0.4, -0.2) is 19.0 Å². The Kier molecular flexibility index (Phi) is 5.21. The molecule has 1 saturated heterocycles. The number of benzene rings is 1. The molecule has 0 spiro atoms. The summed E-state index contributed by atoms with van der Waals surface area (Å²) in [4.78, 5) is 11.8. The van der Waals surface area contributed by atoms with E-state index in [1.54, 1.807) is 0 Å². The molecule has 1 aliphatic rings. The molecule has 18 heavy (non-hydrogen) atoms. The molecule has 0 radical (unpaired) electrons. The molecule has 1 aromatic rings. The van der Waals surface area contributed by atoms with Crippen molar-refractivity contribution in [2.75, 3.05) is 13.1 Å². The van der Waals surface area contributed by atoms with Gasteiger partial charge in [-0.3, -0.25) is 4.79 Å². The van der Waals surface area contributed by atoms with Gasteiger partial charge >= 0.3 is 0 Å². The molecular weight excluding hydrogens is 224 g/mol. The van der Waals surface area contributed by atoms with E-state index in [0.29, 0.717) is 6.42 Å². The van der Waals surface area contributed by atoms with E-state index < -0.39 is 0 Å². The third-order valence-electron chi connectivity index (χ3n) is 3.41. The number of carbonyl (C=O) groups is 1. The molecule has 1 aliphatic heterocycles. The van der Waals surface area contributed by atoms with Crippen LogP contribution in [0.2, 0.25) is 0 Å². The van der Waals surface area contributed by atoms with Crippen LogP contribution in [0.4, 0.5) is 0 Å². The summed E-state index contributed by atoms with van der Waals surface area (Å²) in [5.41, 5.74) is 1.20. The van der Waals surface area contributed by atoms with Gasteiger partial charge in [0.25, 0.3) is 0 Å². The Balaban J connectivity index is 2.02. The summed E-state index contributed by atoms with van der Waals surface area (Å²) >= 11 is 0. The average molecular weight is 246 g/mol. The minimum Gasteiger partial charge on any atom is -0.356 e. The van der Waals surface area contributed by atoms with Crippen LogP contribution in [-0.2, 0) is 4.79 Å². The van der Waals surface area contributed by atoms with E-state index in [-0.39, 0.29) is 11.9 Å². The number of amides is 1. The van der Waals surface area contributed by atoms with Crippen LogP contribution < -0.4 is 10.6 Å². The lowest BCUT2D eigenvalue weighted by Gasteiger charge is -2.18. The van der Waals surface area contributed by atoms with Crippen molar-refractivity contribution >= 4 is 5.91 Å². The summed E-state index contributed by atoms with van der Waals surface area (Å²) in [7, 11) is 0. The minimum absolute atomic E-state index is 0.143. The standard InChI is InChI=1S/C15H22N2O/c18-15-12-14(13-8-4-3-5-9-13)16-10-6-1-2-7-11-17-15/h3-5,8-9,14,16H,1-2,6-7,10-12H2,(H,17,18). The SMILES string of the molecule is O=C1CC(c2ccccc2)NCCCCCCN1. The van der Waals surface area contributed by atoms with Gasteiger partial charge in [0.05, 0.1) is 0 Å². The number of nitrogens with one attached hydrogen (secondary N) is 2. The molecule has 1 aromatic carbocycles. The van der Waals surface area contributed by atoms with E-state index in [9.17, 15) is 4.79 Å². The van der Waals surface area contributed by atoms with Gasteiger partial charge in [0.1, 0.15) is 0 Å². The summed E-state index contributed by atoms with van der Waals surface area (Å²) in [5, 5.41) is 6.50. The smallest absolute Gasteiger partial charge is 0.221 e. The van der Waals surface area contributed by atoms with Gasteiger partial charge in [-0.2, -0.15) is 0 Å². The number of rotatable bonds is 1. The van der Waals surface area contributed by atoms with E-state index in [2.05, 4.69) is 22.8 Å².